The van der Waals surface area contributed by atoms with E-state index in [1.54, 1.807) is 0 Å². The van der Waals surface area contributed by atoms with E-state index in [2.05, 4.69) is 27.8 Å². The van der Waals surface area contributed by atoms with Gasteiger partial charge in [-0.25, -0.2) is 4.98 Å². The van der Waals surface area contributed by atoms with Crippen LogP contribution in [0, 0.1) is 6.92 Å². The van der Waals surface area contributed by atoms with Crippen LogP contribution in [-0.2, 0) is 9.53 Å². The summed E-state index contributed by atoms with van der Waals surface area (Å²) >= 11 is 0. The van der Waals surface area contributed by atoms with Gasteiger partial charge in [0.05, 0.1) is 13.2 Å². The second-order valence-electron chi connectivity index (χ2n) is 5.11. The van der Waals surface area contributed by atoms with Gasteiger partial charge in [-0.3, -0.25) is 9.69 Å². The van der Waals surface area contributed by atoms with Gasteiger partial charge >= 0.3 is 5.97 Å². The molecular weight excluding hydrogens is 254 g/mol. The van der Waals surface area contributed by atoms with E-state index in [1.165, 1.54) is 5.56 Å². The summed E-state index contributed by atoms with van der Waals surface area (Å²) in [5, 5.41) is 0. The topological polar surface area (TPSA) is 45.7 Å². The highest BCUT2D eigenvalue weighted by Crippen LogP contribution is 2.14. The van der Waals surface area contributed by atoms with Gasteiger partial charge < -0.3 is 9.64 Å². The first-order chi connectivity index (χ1) is 9.69. The Balaban J connectivity index is 1.90. The number of nitrogens with zero attached hydrogens (tertiary/aromatic N) is 3. The lowest BCUT2D eigenvalue weighted by atomic mass is 10.3. The number of esters is 1. The van der Waals surface area contributed by atoms with Crippen molar-refractivity contribution in [2.75, 3.05) is 44.2 Å². The van der Waals surface area contributed by atoms with Gasteiger partial charge in [-0.15, -0.1) is 0 Å². The zero-order valence-electron chi connectivity index (χ0n) is 12.3. The smallest absolute Gasteiger partial charge is 0.320 e. The highest BCUT2D eigenvalue weighted by molar-refractivity contribution is 5.71. The molecule has 2 rings (SSSR count). The lowest BCUT2D eigenvalue weighted by molar-refractivity contribution is -0.144. The highest BCUT2D eigenvalue weighted by Gasteiger charge is 2.18. The summed E-state index contributed by atoms with van der Waals surface area (Å²) in [6, 6.07) is 4.12. The average molecular weight is 277 g/mol. The zero-order valence-corrected chi connectivity index (χ0v) is 12.3. The molecule has 20 heavy (non-hydrogen) atoms. The number of aryl methyl sites for hydroxylation is 1. The third-order valence-corrected chi connectivity index (χ3v) is 3.47. The number of pyridine rings is 1. The first-order valence-corrected chi connectivity index (χ1v) is 7.24. The van der Waals surface area contributed by atoms with Gasteiger partial charge in [0, 0.05) is 32.4 Å². The fraction of sp³-hybridized carbons (Fsp3) is 0.600. The molecule has 0 bridgehead atoms. The van der Waals surface area contributed by atoms with Gasteiger partial charge in [-0.2, -0.15) is 0 Å². The van der Waals surface area contributed by atoms with Crippen molar-refractivity contribution >= 4 is 11.8 Å². The van der Waals surface area contributed by atoms with Crippen molar-refractivity contribution in [2.45, 2.75) is 20.3 Å². The second-order valence-corrected chi connectivity index (χ2v) is 5.11. The number of anilines is 1. The van der Waals surface area contributed by atoms with Crippen molar-refractivity contribution in [3.63, 3.8) is 0 Å². The Labute approximate surface area is 120 Å². The predicted octanol–water partition coefficient (Wildman–Crippen LogP) is 1.47. The van der Waals surface area contributed by atoms with Crippen LogP contribution in [0.1, 0.15) is 18.9 Å². The third-order valence-electron chi connectivity index (χ3n) is 3.47. The molecule has 0 saturated carbocycles. The van der Waals surface area contributed by atoms with Crippen molar-refractivity contribution in [2.24, 2.45) is 0 Å². The molecule has 0 aromatic carbocycles. The summed E-state index contributed by atoms with van der Waals surface area (Å²) in [7, 11) is 0. The zero-order chi connectivity index (χ0) is 14.4. The van der Waals surface area contributed by atoms with Crippen LogP contribution in [-0.4, -0.2) is 55.2 Å². The Morgan fingerprint density at radius 1 is 1.35 bits per heavy atom. The summed E-state index contributed by atoms with van der Waals surface area (Å²) < 4.78 is 5.01. The van der Waals surface area contributed by atoms with Crippen molar-refractivity contribution in [3.05, 3.63) is 23.9 Å². The van der Waals surface area contributed by atoms with Crippen molar-refractivity contribution < 1.29 is 9.53 Å². The lowest BCUT2D eigenvalue weighted by Gasteiger charge is -2.22. The normalized spacial score (nSPS) is 16.8. The van der Waals surface area contributed by atoms with E-state index in [4.69, 9.17) is 4.74 Å². The van der Waals surface area contributed by atoms with Crippen LogP contribution in [0.3, 0.4) is 0 Å². The molecule has 2 heterocycles. The maximum Gasteiger partial charge on any atom is 0.320 e. The summed E-state index contributed by atoms with van der Waals surface area (Å²) in [6.45, 7) is 8.44. The molecule has 0 N–H and O–H groups in total. The number of aromatic nitrogens is 1. The Bertz CT molecular complexity index is 450. The Kier molecular flexibility index (Phi) is 5.35. The fourth-order valence-corrected chi connectivity index (χ4v) is 2.44. The summed E-state index contributed by atoms with van der Waals surface area (Å²) in [4.78, 5) is 20.4. The molecule has 0 aliphatic carbocycles. The molecule has 0 radical (unpaired) electrons. The molecule has 1 aliphatic rings. The standard InChI is InChI=1S/C15H23N3O2/c1-3-20-15(19)12-17-7-4-8-18(10-9-17)14-11-13(2)5-6-16-14/h5-6,11H,3-4,7-10,12H2,1-2H3. The van der Waals surface area contributed by atoms with E-state index in [0.717, 1.165) is 38.4 Å². The highest BCUT2D eigenvalue weighted by atomic mass is 16.5. The number of carbonyl (C=O) groups excluding carboxylic acids is 1. The molecule has 1 aliphatic heterocycles. The number of hydrogen-bond donors (Lipinski definition) is 0. The summed E-state index contributed by atoms with van der Waals surface area (Å²) in [6.07, 6.45) is 2.89. The van der Waals surface area contributed by atoms with Crippen LogP contribution in [0.25, 0.3) is 0 Å². The Morgan fingerprint density at radius 3 is 2.95 bits per heavy atom. The van der Waals surface area contributed by atoms with Gasteiger partial charge in [0.25, 0.3) is 0 Å². The maximum absolute atomic E-state index is 11.5. The minimum Gasteiger partial charge on any atom is -0.465 e. The molecule has 0 atom stereocenters. The molecule has 0 amide bonds. The lowest BCUT2D eigenvalue weighted by Crippen LogP contribution is -2.35. The quantitative estimate of drug-likeness (QED) is 0.780. The van der Waals surface area contributed by atoms with E-state index < -0.39 is 0 Å². The molecule has 1 aromatic heterocycles. The van der Waals surface area contributed by atoms with Crippen molar-refractivity contribution in [3.8, 4) is 0 Å². The number of hydrogen-bond acceptors (Lipinski definition) is 5. The molecule has 1 saturated heterocycles. The van der Waals surface area contributed by atoms with Gasteiger partial charge in [0.1, 0.15) is 5.82 Å². The van der Waals surface area contributed by atoms with E-state index in [-0.39, 0.29) is 5.97 Å². The predicted molar refractivity (Wildman–Crippen MR) is 78.9 cm³/mol. The van der Waals surface area contributed by atoms with Gasteiger partial charge in [-0.1, -0.05) is 0 Å². The first-order valence-electron chi connectivity index (χ1n) is 7.24. The monoisotopic (exact) mass is 277 g/mol. The van der Waals surface area contributed by atoms with E-state index >= 15 is 0 Å². The minimum atomic E-state index is -0.130. The number of ether oxygens (including phenoxy) is 1. The van der Waals surface area contributed by atoms with Crippen LogP contribution < -0.4 is 4.90 Å². The third kappa shape index (κ3) is 4.20. The molecule has 5 heteroatoms. The van der Waals surface area contributed by atoms with Crippen LogP contribution in [0.5, 0.6) is 0 Å². The molecular formula is C15H23N3O2. The Hall–Kier alpha value is -1.62. The molecule has 5 nitrogen and oxygen atoms in total. The van der Waals surface area contributed by atoms with Gasteiger partial charge in [-0.05, 0) is 38.0 Å². The molecule has 1 fully saturated rings. The average Bonchev–Trinajstić information content (AvgIpc) is 2.64. The maximum atomic E-state index is 11.5. The first kappa shape index (κ1) is 14.8. The summed E-state index contributed by atoms with van der Waals surface area (Å²) in [5.41, 5.74) is 1.22. The van der Waals surface area contributed by atoms with Crippen LogP contribution >= 0.6 is 0 Å². The summed E-state index contributed by atoms with van der Waals surface area (Å²) in [5.74, 6) is 0.901. The molecule has 110 valence electrons. The molecule has 0 spiro atoms. The van der Waals surface area contributed by atoms with E-state index in [9.17, 15) is 4.79 Å². The fourth-order valence-electron chi connectivity index (χ4n) is 2.44. The van der Waals surface area contributed by atoms with Crippen molar-refractivity contribution in [1.82, 2.24) is 9.88 Å². The number of carbonyl (C=O) groups is 1. The van der Waals surface area contributed by atoms with Crippen LogP contribution in [0.4, 0.5) is 5.82 Å². The van der Waals surface area contributed by atoms with Gasteiger partial charge in [0.15, 0.2) is 0 Å². The Morgan fingerprint density at radius 2 is 2.20 bits per heavy atom. The number of rotatable bonds is 4. The van der Waals surface area contributed by atoms with E-state index in [1.807, 2.05) is 19.2 Å². The SMILES string of the molecule is CCOC(=O)CN1CCCN(c2cc(C)ccn2)CC1. The molecule has 0 unspecified atom stereocenters. The molecule has 1 aromatic rings. The van der Waals surface area contributed by atoms with E-state index in [0.29, 0.717) is 13.2 Å². The largest absolute Gasteiger partial charge is 0.465 e. The van der Waals surface area contributed by atoms with Crippen LogP contribution in [0.2, 0.25) is 0 Å². The second kappa shape index (κ2) is 7.24. The van der Waals surface area contributed by atoms with Crippen molar-refractivity contribution in [1.29, 1.82) is 0 Å². The van der Waals surface area contributed by atoms with Gasteiger partial charge in [0.2, 0.25) is 0 Å². The minimum absolute atomic E-state index is 0.130. The van der Waals surface area contributed by atoms with Crippen LogP contribution in [0.15, 0.2) is 18.3 Å².